The molecule has 0 spiro atoms. The minimum Gasteiger partial charge on any atom is -0.497 e. The Morgan fingerprint density at radius 2 is 1.92 bits per heavy atom. The van der Waals surface area contributed by atoms with Gasteiger partial charge in [-0.15, -0.1) is 0 Å². The van der Waals surface area contributed by atoms with Gasteiger partial charge in [-0.1, -0.05) is 41.7 Å². The highest BCUT2D eigenvalue weighted by Crippen LogP contribution is 2.30. The van der Waals surface area contributed by atoms with Gasteiger partial charge in [0.15, 0.2) is 5.11 Å². The molecular formula is C14H18Cl3N3O3S. The largest absolute Gasteiger partial charge is 0.497 e. The molecule has 10 heteroatoms. The van der Waals surface area contributed by atoms with Crippen molar-refractivity contribution in [2.24, 2.45) is 0 Å². The molecule has 1 aromatic rings. The second-order valence-electron chi connectivity index (χ2n) is 4.56. The second kappa shape index (κ2) is 9.36. The van der Waals surface area contributed by atoms with Crippen LogP contribution in [0.15, 0.2) is 18.2 Å². The Bertz CT molecular complexity index is 596. The molecule has 1 unspecified atom stereocenters. The predicted octanol–water partition coefficient (Wildman–Crippen LogP) is 3.21. The van der Waals surface area contributed by atoms with Crippen molar-refractivity contribution in [3.63, 3.8) is 0 Å². The zero-order valence-electron chi connectivity index (χ0n) is 13.3. The van der Waals surface area contributed by atoms with Gasteiger partial charge in [0.25, 0.3) is 0 Å². The van der Waals surface area contributed by atoms with Crippen molar-refractivity contribution in [3.8, 4) is 11.5 Å². The van der Waals surface area contributed by atoms with Gasteiger partial charge >= 0.3 is 0 Å². The lowest BCUT2D eigenvalue weighted by Crippen LogP contribution is -2.56. The Kier molecular flexibility index (Phi) is 8.15. The van der Waals surface area contributed by atoms with Crippen molar-refractivity contribution in [2.45, 2.75) is 23.3 Å². The van der Waals surface area contributed by atoms with Gasteiger partial charge in [-0.05, 0) is 24.4 Å². The maximum absolute atomic E-state index is 11.6. The summed E-state index contributed by atoms with van der Waals surface area (Å²) in [5.74, 6) is 0.863. The lowest BCUT2D eigenvalue weighted by Gasteiger charge is -2.27. The Balaban J connectivity index is 2.87. The Morgan fingerprint density at radius 1 is 1.25 bits per heavy atom. The van der Waals surface area contributed by atoms with E-state index in [9.17, 15) is 4.79 Å². The minimum atomic E-state index is -1.80. The van der Waals surface area contributed by atoms with E-state index in [4.69, 9.17) is 56.5 Å². The van der Waals surface area contributed by atoms with Crippen LogP contribution in [-0.2, 0) is 4.79 Å². The van der Waals surface area contributed by atoms with E-state index in [0.29, 0.717) is 17.2 Å². The summed E-state index contributed by atoms with van der Waals surface area (Å²) in [4.78, 5) is 11.6. The van der Waals surface area contributed by atoms with E-state index in [0.717, 1.165) is 0 Å². The first-order valence-electron chi connectivity index (χ1n) is 6.86. The minimum absolute atomic E-state index is 0.134. The van der Waals surface area contributed by atoms with E-state index >= 15 is 0 Å². The van der Waals surface area contributed by atoms with Crippen molar-refractivity contribution in [1.82, 2.24) is 10.6 Å². The molecule has 1 aromatic carbocycles. The van der Waals surface area contributed by atoms with E-state index < -0.39 is 9.96 Å². The highest BCUT2D eigenvalue weighted by molar-refractivity contribution is 7.80. The molecule has 0 saturated carbocycles. The molecule has 0 aromatic heterocycles. The number of benzene rings is 1. The summed E-state index contributed by atoms with van der Waals surface area (Å²) < 4.78 is 8.61. The standard InChI is InChI=1S/C14H18Cl3N3O3S/c1-4-11(21)19-12(14(15,16)17)20-13(24)18-9-7-8(22-2)5-6-10(9)23-3/h5-7,12H,4H2,1-3H3,(H,19,21)(H2,18,20,24). The average Bonchev–Trinajstić information content (AvgIpc) is 2.52. The van der Waals surface area contributed by atoms with Crippen LogP contribution in [0, 0.1) is 0 Å². The fourth-order valence-electron chi connectivity index (χ4n) is 1.66. The molecule has 0 aliphatic heterocycles. The van der Waals surface area contributed by atoms with E-state index in [1.165, 1.54) is 7.11 Å². The van der Waals surface area contributed by atoms with Gasteiger partial charge in [-0.25, -0.2) is 0 Å². The highest BCUT2D eigenvalue weighted by atomic mass is 35.6. The zero-order chi connectivity index (χ0) is 18.3. The SMILES string of the molecule is CCC(=O)NC(NC(=S)Nc1cc(OC)ccc1OC)C(Cl)(Cl)Cl. The van der Waals surface area contributed by atoms with Crippen LogP contribution in [0.5, 0.6) is 11.5 Å². The smallest absolute Gasteiger partial charge is 0.228 e. The van der Waals surface area contributed by atoms with Crippen molar-refractivity contribution in [2.75, 3.05) is 19.5 Å². The molecule has 0 aliphatic carbocycles. The van der Waals surface area contributed by atoms with Crippen LogP contribution in [0.25, 0.3) is 0 Å². The molecule has 0 bridgehead atoms. The van der Waals surface area contributed by atoms with Crippen molar-refractivity contribution in [3.05, 3.63) is 18.2 Å². The second-order valence-corrected chi connectivity index (χ2v) is 7.34. The molecular weight excluding hydrogens is 397 g/mol. The third kappa shape index (κ3) is 6.39. The molecule has 0 saturated heterocycles. The number of thiocarbonyl (C=S) groups is 1. The van der Waals surface area contributed by atoms with Gasteiger partial charge in [0.05, 0.1) is 19.9 Å². The number of anilines is 1. The summed E-state index contributed by atoms with van der Waals surface area (Å²) in [6.45, 7) is 1.68. The number of hydrogen-bond acceptors (Lipinski definition) is 4. The van der Waals surface area contributed by atoms with Crippen molar-refractivity contribution < 1.29 is 14.3 Å². The summed E-state index contributed by atoms with van der Waals surface area (Å²) in [6.07, 6.45) is -0.769. The molecule has 1 amide bonds. The number of alkyl halides is 3. The fraction of sp³-hybridized carbons (Fsp3) is 0.429. The van der Waals surface area contributed by atoms with Gasteiger partial charge in [0.1, 0.15) is 17.7 Å². The molecule has 0 heterocycles. The van der Waals surface area contributed by atoms with Gasteiger partial charge in [0, 0.05) is 12.5 Å². The number of amides is 1. The summed E-state index contributed by atoms with van der Waals surface area (Å²) in [6, 6.07) is 5.16. The van der Waals surface area contributed by atoms with Crippen LogP contribution < -0.4 is 25.4 Å². The molecule has 0 fully saturated rings. The summed E-state index contributed by atoms with van der Waals surface area (Å²) in [5.41, 5.74) is 0.555. The van der Waals surface area contributed by atoms with E-state index in [1.54, 1.807) is 32.2 Å². The van der Waals surface area contributed by atoms with Gasteiger partial charge in [0.2, 0.25) is 9.70 Å². The number of ether oxygens (including phenoxy) is 2. The molecule has 6 nitrogen and oxygen atoms in total. The van der Waals surface area contributed by atoms with Crippen LogP contribution in [-0.4, -0.2) is 35.2 Å². The molecule has 1 atom stereocenters. The van der Waals surface area contributed by atoms with Crippen LogP contribution in [0.2, 0.25) is 0 Å². The van der Waals surface area contributed by atoms with E-state index in [2.05, 4.69) is 16.0 Å². The molecule has 3 N–H and O–H groups in total. The third-order valence-electron chi connectivity index (χ3n) is 2.88. The maximum Gasteiger partial charge on any atom is 0.228 e. The van der Waals surface area contributed by atoms with Crippen molar-refractivity contribution >= 4 is 63.7 Å². The average molecular weight is 415 g/mol. The lowest BCUT2D eigenvalue weighted by molar-refractivity contribution is -0.121. The number of nitrogens with one attached hydrogen (secondary N) is 3. The Morgan fingerprint density at radius 3 is 2.42 bits per heavy atom. The number of hydrogen-bond donors (Lipinski definition) is 3. The number of carbonyl (C=O) groups excluding carboxylic acids is 1. The van der Waals surface area contributed by atoms with Gasteiger partial charge in [-0.3, -0.25) is 4.79 Å². The van der Waals surface area contributed by atoms with Gasteiger partial charge < -0.3 is 25.4 Å². The first kappa shape index (κ1) is 20.9. The summed E-state index contributed by atoms with van der Waals surface area (Å²) in [5, 5.41) is 8.35. The Hall–Kier alpha value is -1.15. The number of methoxy groups -OCH3 is 2. The van der Waals surface area contributed by atoms with E-state index in [1.807, 2.05) is 0 Å². The van der Waals surface area contributed by atoms with Crippen LogP contribution in [0.4, 0.5) is 5.69 Å². The zero-order valence-corrected chi connectivity index (χ0v) is 16.4. The van der Waals surface area contributed by atoms with Gasteiger partial charge in [-0.2, -0.15) is 0 Å². The molecule has 134 valence electrons. The quantitative estimate of drug-likeness (QED) is 0.377. The van der Waals surface area contributed by atoms with Crippen LogP contribution in [0.3, 0.4) is 0 Å². The number of carbonyl (C=O) groups is 1. The van der Waals surface area contributed by atoms with E-state index in [-0.39, 0.29) is 17.4 Å². The van der Waals surface area contributed by atoms with Crippen molar-refractivity contribution in [1.29, 1.82) is 0 Å². The lowest BCUT2D eigenvalue weighted by atomic mass is 10.2. The first-order chi connectivity index (χ1) is 11.2. The Labute approximate surface area is 161 Å². The fourth-order valence-corrected chi connectivity index (χ4v) is 2.22. The summed E-state index contributed by atoms with van der Waals surface area (Å²) >= 11 is 22.8. The molecule has 0 aliphatic rings. The molecule has 0 radical (unpaired) electrons. The third-order valence-corrected chi connectivity index (χ3v) is 3.76. The summed E-state index contributed by atoms with van der Waals surface area (Å²) in [7, 11) is 3.07. The topological polar surface area (TPSA) is 71.6 Å². The number of halogens is 3. The predicted molar refractivity (Wildman–Crippen MR) is 101 cm³/mol. The number of rotatable bonds is 6. The van der Waals surface area contributed by atoms with Crippen LogP contribution in [0.1, 0.15) is 13.3 Å². The normalized spacial score (nSPS) is 12.1. The van der Waals surface area contributed by atoms with Crippen LogP contribution >= 0.6 is 47.0 Å². The monoisotopic (exact) mass is 413 g/mol. The highest BCUT2D eigenvalue weighted by Gasteiger charge is 2.34. The molecule has 1 rings (SSSR count). The maximum atomic E-state index is 11.6. The molecule has 24 heavy (non-hydrogen) atoms. The first-order valence-corrected chi connectivity index (χ1v) is 8.41.